The minimum absolute atomic E-state index is 0.208. The summed E-state index contributed by atoms with van der Waals surface area (Å²) >= 11 is 1.17. The summed E-state index contributed by atoms with van der Waals surface area (Å²) in [6.07, 6.45) is 0. The summed E-state index contributed by atoms with van der Waals surface area (Å²) in [4.78, 5) is 17.7. The summed E-state index contributed by atoms with van der Waals surface area (Å²) in [5.41, 5.74) is 10.2. The van der Waals surface area contributed by atoms with E-state index in [1.165, 1.54) is 11.8 Å². The Morgan fingerprint density at radius 1 is 0.658 bits per heavy atom. The highest BCUT2D eigenvalue weighted by atomic mass is 32.2. The number of hydrogen-bond donors (Lipinski definition) is 3. The second-order valence-electron chi connectivity index (χ2n) is 14.4. The Morgan fingerprint density at radius 3 is 1.16 bits per heavy atom. The first-order valence-electron chi connectivity index (χ1n) is 13.1. The van der Waals surface area contributed by atoms with E-state index in [0.29, 0.717) is 10.5 Å². The topological polar surface area (TPSA) is 95.9 Å². The van der Waals surface area contributed by atoms with Gasteiger partial charge in [-0.15, -0.1) is 0 Å². The minimum atomic E-state index is -0.382. The molecular formula is C32H44N2O3S. The lowest BCUT2D eigenvalue weighted by atomic mass is 9.75. The Kier molecular flexibility index (Phi) is 7.44. The number of phenolic OH excluding ortho intramolecular Hbond substituents is 2. The van der Waals surface area contributed by atoms with E-state index in [1.54, 1.807) is 0 Å². The number of nitrogens with zero attached hydrogens (tertiary/aromatic N) is 1. The fourth-order valence-corrected chi connectivity index (χ4v) is 5.56. The molecule has 1 aliphatic rings. The maximum absolute atomic E-state index is 13.2. The molecule has 0 aliphatic carbocycles. The SMILES string of the molecule is CC(C)(C)c1cc(C(=C2SC(N)=NC2=O)c2cc(C(C)(C)C)c(O)c(C(C)(C)C)c2)cc(C(C)(C)C)c1O. The molecule has 5 nitrogen and oxygen atoms in total. The van der Waals surface area contributed by atoms with E-state index >= 15 is 0 Å². The van der Waals surface area contributed by atoms with Crippen molar-refractivity contribution in [3.63, 3.8) is 0 Å². The third kappa shape index (κ3) is 5.80. The molecule has 38 heavy (non-hydrogen) atoms. The Bertz CT molecular complexity index is 1200. The molecule has 2 aromatic rings. The van der Waals surface area contributed by atoms with Crippen LogP contribution in [0.3, 0.4) is 0 Å². The highest BCUT2D eigenvalue weighted by molar-refractivity contribution is 8.18. The van der Waals surface area contributed by atoms with Gasteiger partial charge in [-0.25, -0.2) is 0 Å². The van der Waals surface area contributed by atoms with Gasteiger partial charge >= 0.3 is 0 Å². The highest BCUT2D eigenvalue weighted by Crippen LogP contribution is 2.47. The molecule has 3 rings (SSSR count). The number of phenols is 2. The smallest absolute Gasteiger partial charge is 0.286 e. The van der Waals surface area contributed by atoms with Gasteiger partial charge in [0.05, 0.1) is 4.91 Å². The number of amides is 1. The van der Waals surface area contributed by atoms with Crippen LogP contribution in [0.5, 0.6) is 11.5 Å². The number of thioether (sulfide) groups is 1. The van der Waals surface area contributed by atoms with E-state index in [9.17, 15) is 15.0 Å². The molecule has 206 valence electrons. The van der Waals surface area contributed by atoms with E-state index in [4.69, 9.17) is 5.73 Å². The maximum Gasteiger partial charge on any atom is 0.286 e. The predicted octanol–water partition coefficient (Wildman–Crippen LogP) is 7.64. The van der Waals surface area contributed by atoms with Gasteiger partial charge in [0.2, 0.25) is 0 Å². The number of nitrogens with two attached hydrogens (primary N) is 1. The third-order valence-corrected chi connectivity index (χ3v) is 7.75. The second kappa shape index (κ2) is 9.48. The molecule has 0 atom stereocenters. The summed E-state index contributed by atoms with van der Waals surface area (Å²) < 4.78 is 0. The molecule has 2 aromatic carbocycles. The molecule has 1 heterocycles. The first kappa shape index (κ1) is 29.8. The van der Waals surface area contributed by atoms with Crippen LogP contribution in [0.2, 0.25) is 0 Å². The van der Waals surface area contributed by atoms with Crippen LogP contribution in [0.25, 0.3) is 5.57 Å². The fraction of sp³-hybridized carbons (Fsp3) is 0.500. The number of carbonyl (C=O) groups is 1. The van der Waals surface area contributed by atoms with Gasteiger partial charge < -0.3 is 15.9 Å². The van der Waals surface area contributed by atoms with Crippen molar-refractivity contribution in [1.29, 1.82) is 0 Å². The lowest BCUT2D eigenvalue weighted by Gasteiger charge is -2.30. The zero-order chi connectivity index (χ0) is 29.2. The Hall–Kier alpha value is -2.73. The first-order valence-corrected chi connectivity index (χ1v) is 13.9. The van der Waals surface area contributed by atoms with Crippen LogP contribution >= 0.6 is 11.8 Å². The molecular weight excluding hydrogens is 492 g/mol. The van der Waals surface area contributed by atoms with E-state index in [0.717, 1.165) is 33.4 Å². The number of carbonyl (C=O) groups excluding carboxylic acids is 1. The molecule has 0 fully saturated rings. The molecule has 0 unspecified atom stereocenters. The van der Waals surface area contributed by atoms with Gasteiger partial charge in [0.25, 0.3) is 5.91 Å². The average Bonchev–Trinajstić information content (AvgIpc) is 3.04. The molecule has 0 saturated carbocycles. The number of aliphatic imine (C=N–C) groups is 1. The molecule has 0 radical (unpaired) electrons. The molecule has 0 spiro atoms. The van der Waals surface area contributed by atoms with E-state index in [-0.39, 0.29) is 44.2 Å². The van der Waals surface area contributed by atoms with Crippen molar-refractivity contribution in [3.8, 4) is 11.5 Å². The van der Waals surface area contributed by atoms with Crippen LogP contribution in [0, 0.1) is 0 Å². The van der Waals surface area contributed by atoms with E-state index < -0.39 is 0 Å². The number of amidine groups is 1. The van der Waals surface area contributed by atoms with Crippen molar-refractivity contribution < 1.29 is 15.0 Å². The Morgan fingerprint density at radius 2 is 0.947 bits per heavy atom. The summed E-state index contributed by atoms with van der Waals surface area (Å²) in [5.74, 6) is 0.166. The van der Waals surface area contributed by atoms with Crippen LogP contribution in [-0.2, 0) is 26.5 Å². The van der Waals surface area contributed by atoms with Gasteiger partial charge in [-0.2, -0.15) is 4.99 Å². The average molecular weight is 537 g/mol. The first-order chi connectivity index (χ1) is 17.0. The number of aromatic hydroxyl groups is 2. The van der Waals surface area contributed by atoms with Crippen molar-refractivity contribution in [2.24, 2.45) is 10.7 Å². The second-order valence-corrected chi connectivity index (χ2v) is 15.4. The Balaban J connectivity index is 2.56. The molecule has 0 saturated heterocycles. The minimum Gasteiger partial charge on any atom is -0.507 e. The zero-order valence-electron chi connectivity index (χ0n) is 25.0. The fourth-order valence-electron chi connectivity index (χ4n) is 4.75. The standard InChI is InChI=1S/C32H44N2O3S/c1-29(2,3)19-13-17(14-20(24(19)35)30(4,5)6)23(26-27(37)34-28(33)38-26)18-15-21(31(7,8)9)25(36)22(16-18)32(10,11)12/h13-16,35-36H,1-12H3,(H2,33,34,37). The van der Waals surface area contributed by atoms with Gasteiger partial charge in [0.15, 0.2) is 5.17 Å². The predicted molar refractivity (Wildman–Crippen MR) is 161 cm³/mol. The quantitative estimate of drug-likeness (QED) is 0.343. The normalized spacial score (nSPS) is 15.2. The summed E-state index contributed by atoms with van der Waals surface area (Å²) in [5, 5.41) is 22.9. The lowest BCUT2D eigenvalue weighted by Crippen LogP contribution is -2.19. The monoisotopic (exact) mass is 536 g/mol. The van der Waals surface area contributed by atoms with Crippen molar-refractivity contribution in [2.75, 3.05) is 0 Å². The largest absolute Gasteiger partial charge is 0.507 e. The number of rotatable bonds is 2. The van der Waals surface area contributed by atoms with Crippen LogP contribution < -0.4 is 5.73 Å². The van der Waals surface area contributed by atoms with Crippen molar-refractivity contribution >= 4 is 28.4 Å². The van der Waals surface area contributed by atoms with Crippen LogP contribution in [-0.4, -0.2) is 21.3 Å². The van der Waals surface area contributed by atoms with E-state index in [2.05, 4.69) is 88.1 Å². The van der Waals surface area contributed by atoms with Gasteiger partial charge in [-0.05, 0) is 68.8 Å². The van der Waals surface area contributed by atoms with Crippen molar-refractivity contribution in [2.45, 2.75) is 105 Å². The van der Waals surface area contributed by atoms with Gasteiger partial charge in [-0.1, -0.05) is 83.1 Å². The highest BCUT2D eigenvalue weighted by Gasteiger charge is 2.33. The van der Waals surface area contributed by atoms with Gasteiger partial charge in [0, 0.05) is 27.8 Å². The molecule has 4 N–H and O–H groups in total. The molecule has 1 amide bonds. The van der Waals surface area contributed by atoms with E-state index in [1.807, 2.05) is 24.3 Å². The molecule has 6 heteroatoms. The lowest BCUT2D eigenvalue weighted by molar-refractivity contribution is -0.113. The summed E-state index contributed by atoms with van der Waals surface area (Å²) in [7, 11) is 0. The maximum atomic E-state index is 13.2. The molecule has 0 aromatic heterocycles. The van der Waals surface area contributed by atoms with Crippen LogP contribution in [0.1, 0.15) is 116 Å². The number of benzene rings is 2. The van der Waals surface area contributed by atoms with Gasteiger partial charge in [-0.3, -0.25) is 4.79 Å². The van der Waals surface area contributed by atoms with Gasteiger partial charge in [0.1, 0.15) is 11.5 Å². The summed E-state index contributed by atoms with van der Waals surface area (Å²) in [6.45, 7) is 24.8. The number of hydrogen-bond acceptors (Lipinski definition) is 5. The van der Waals surface area contributed by atoms with Crippen molar-refractivity contribution in [1.82, 2.24) is 0 Å². The summed E-state index contributed by atoms with van der Waals surface area (Å²) in [6, 6.07) is 7.93. The third-order valence-electron chi connectivity index (χ3n) is 6.87. The van der Waals surface area contributed by atoms with Crippen LogP contribution in [0.4, 0.5) is 0 Å². The van der Waals surface area contributed by atoms with Crippen molar-refractivity contribution in [3.05, 3.63) is 62.6 Å². The molecule has 1 aliphatic heterocycles. The Labute approximate surface area is 232 Å². The zero-order valence-corrected chi connectivity index (χ0v) is 25.9. The molecule has 0 bridgehead atoms. The van der Waals surface area contributed by atoms with Crippen LogP contribution in [0.15, 0.2) is 34.2 Å².